The first-order chi connectivity index (χ1) is 5.95. The Hall–Kier alpha value is -0.860. The fourth-order valence-corrected chi connectivity index (χ4v) is 1.52. The molecule has 1 aromatic carbocycles. The number of rotatable bonds is 2. The first kappa shape index (κ1) is 7.77. The Morgan fingerprint density at radius 1 is 1.25 bits per heavy atom. The summed E-state index contributed by atoms with van der Waals surface area (Å²) in [5.74, 6) is 0. The van der Waals surface area contributed by atoms with Gasteiger partial charge in [-0.1, -0.05) is 30.3 Å². The van der Waals surface area contributed by atoms with Gasteiger partial charge in [-0.15, -0.1) is 0 Å². The molecule has 0 saturated carbocycles. The summed E-state index contributed by atoms with van der Waals surface area (Å²) in [5, 5.41) is 2.27. The second-order valence-electron chi connectivity index (χ2n) is 3.17. The molecule has 0 amide bonds. The number of nitrogens with zero attached hydrogens (tertiary/aromatic N) is 1. The van der Waals surface area contributed by atoms with Crippen LogP contribution in [0.4, 0.5) is 0 Å². The smallest absolute Gasteiger partial charge is 0.0381 e. The summed E-state index contributed by atoms with van der Waals surface area (Å²) in [6.07, 6.45) is 1.27. The third kappa shape index (κ3) is 1.84. The molecule has 1 aliphatic heterocycles. The molecule has 1 aliphatic rings. The van der Waals surface area contributed by atoms with Crippen molar-refractivity contribution in [2.45, 2.75) is 13.0 Å². The van der Waals surface area contributed by atoms with E-state index in [0.29, 0.717) is 0 Å². The predicted molar refractivity (Wildman–Crippen MR) is 49.5 cm³/mol. The molecular weight excluding hydrogens is 148 g/mol. The maximum atomic E-state index is 3.34. The SMILES string of the molecule is c1ccc(CN2CCCN2)cc1. The molecule has 1 saturated heterocycles. The summed E-state index contributed by atoms with van der Waals surface area (Å²) in [7, 11) is 0. The van der Waals surface area contributed by atoms with E-state index in [4.69, 9.17) is 0 Å². The van der Waals surface area contributed by atoms with E-state index in [1.54, 1.807) is 0 Å². The quantitative estimate of drug-likeness (QED) is 0.707. The fraction of sp³-hybridized carbons (Fsp3) is 0.400. The average Bonchev–Trinajstić information content (AvgIpc) is 2.59. The van der Waals surface area contributed by atoms with Crippen molar-refractivity contribution in [2.24, 2.45) is 0 Å². The van der Waals surface area contributed by atoms with Gasteiger partial charge in [0, 0.05) is 19.6 Å². The molecule has 0 unspecified atom stereocenters. The molecule has 12 heavy (non-hydrogen) atoms. The summed E-state index contributed by atoms with van der Waals surface area (Å²) >= 11 is 0. The van der Waals surface area contributed by atoms with Gasteiger partial charge in [0.05, 0.1) is 0 Å². The first-order valence-corrected chi connectivity index (χ1v) is 4.47. The molecular formula is C10H14N2. The highest BCUT2D eigenvalue weighted by Gasteiger charge is 2.09. The highest BCUT2D eigenvalue weighted by molar-refractivity contribution is 5.14. The van der Waals surface area contributed by atoms with Gasteiger partial charge in [-0.05, 0) is 12.0 Å². The normalized spacial score (nSPS) is 18.3. The van der Waals surface area contributed by atoms with E-state index >= 15 is 0 Å². The molecule has 1 N–H and O–H groups in total. The van der Waals surface area contributed by atoms with Crippen molar-refractivity contribution in [1.82, 2.24) is 10.4 Å². The van der Waals surface area contributed by atoms with Gasteiger partial charge in [0.25, 0.3) is 0 Å². The van der Waals surface area contributed by atoms with E-state index in [0.717, 1.165) is 13.1 Å². The van der Waals surface area contributed by atoms with Crippen LogP contribution in [0, 0.1) is 0 Å². The molecule has 1 aromatic rings. The maximum Gasteiger partial charge on any atom is 0.0381 e. The van der Waals surface area contributed by atoms with Crippen molar-refractivity contribution in [3.63, 3.8) is 0 Å². The van der Waals surface area contributed by atoms with Crippen molar-refractivity contribution < 1.29 is 0 Å². The standard InChI is InChI=1S/C10H14N2/c1-2-5-10(6-3-1)9-12-8-4-7-11-12/h1-3,5-6,11H,4,7-9H2. The van der Waals surface area contributed by atoms with Gasteiger partial charge in [0.2, 0.25) is 0 Å². The molecule has 0 atom stereocenters. The molecule has 2 nitrogen and oxygen atoms in total. The maximum absolute atomic E-state index is 3.34. The molecule has 64 valence electrons. The number of hydrogen-bond acceptors (Lipinski definition) is 2. The molecule has 2 rings (SSSR count). The summed E-state index contributed by atoms with van der Waals surface area (Å²) in [5.41, 5.74) is 4.72. The second kappa shape index (κ2) is 3.70. The monoisotopic (exact) mass is 162 g/mol. The van der Waals surface area contributed by atoms with Crippen LogP contribution in [0.25, 0.3) is 0 Å². The lowest BCUT2D eigenvalue weighted by atomic mass is 10.2. The van der Waals surface area contributed by atoms with E-state index in [2.05, 4.69) is 40.8 Å². The molecule has 0 bridgehead atoms. The molecule has 0 spiro atoms. The third-order valence-electron chi connectivity index (χ3n) is 2.16. The lowest BCUT2D eigenvalue weighted by Gasteiger charge is -2.14. The highest BCUT2D eigenvalue weighted by atomic mass is 15.5. The predicted octanol–water partition coefficient (Wildman–Crippen LogP) is 1.40. The minimum Gasteiger partial charge on any atom is -0.255 e. The van der Waals surface area contributed by atoms with Crippen LogP contribution in [0.2, 0.25) is 0 Å². The van der Waals surface area contributed by atoms with Gasteiger partial charge in [-0.3, -0.25) is 5.43 Å². The zero-order valence-corrected chi connectivity index (χ0v) is 7.16. The van der Waals surface area contributed by atoms with Gasteiger partial charge in [0.15, 0.2) is 0 Å². The fourth-order valence-electron chi connectivity index (χ4n) is 1.52. The third-order valence-corrected chi connectivity index (χ3v) is 2.16. The van der Waals surface area contributed by atoms with Crippen molar-refractivity contribution in [2.75, 3.05) is 13.1 Å². The number of benzene rings is 1. The topological polar surface area (TPSA) is 15.3 Å². The highest BCUT2D eigenvalue weighted by Crippen LogP contribution is 2.05. The largest absolute Gasteiger partial charge is 0.255 e. The Bertz CT molecular complexity index is 227. The van der Waals surface area contributed by atoms with Gasteiger partial charge in [-0.25, -0.2) is 5.01 Å². The van der Waals surface area contributed by atoms with E-state index < -0.39 is 0 Å². The summed E-state index contributed by atoms with van der Waals surface area (Å²) in [6, 6.07) is 10.6. The zero-order valence-electron chi connectivity index (χ0n) is 7.16. The van der Waals surface area contributed by atoms with E-state index in [9.17, 15) is 0 Å². The summed E-state index contributed by atoms with van der Waals surface area (Å²) in [6.45, 7) is 3.34. The number of nitrogens with one attached hydrogen (secondary N) is 1. The first-order valence-electron chi connectivity index (χ1n) is 4.47. The lowest BCUT2D eigenvalue weighted by molar-refractivity contribution is 0.244. The molecule has 0 aromatic heterocycles. The molecule has 0 aliphatic carbocycles. The molecule has 2 heteroatoms. The Balaban J connectivity index is 1.94. The minimum atomic E-state index is 1.03. The van der Waals surface area contributed by atoms with Gasteiger partial charge >= 0.3 is 0 Å². The van der Waals surface area contributed by atoms with Crippen molar-refractivity contribution >= 4 is 0 Å². The lowest BCUT2D eigenvalue weighted by Crippen LogP contribution is -2.29. The Labute approximate surface area is 73.2 Å². The van der Waals surface area contributed by atoms with Crippen LogP contribution in [0.15, 0.2) is 30.3 Å². The molecule has 0 radical (unpaired) electrons. The second-order valence-corrected chi connectivity index (χ2v) is 3.17. The minimum absolute atomic E-state index is 1.03. The van der Waals surface area contributed by atoms with Crippen molar-refractivity contribution in [3.05, 3.63) is 35.9 Å². The van der Waals surface area contributed by atoms with Gasteiger partial charge < -0.3 is 0 Å². The average molecular weight is 162 g/mol. The van der Waals surface area contributed by atoms with E-state index in [1.807, 2.05) is 0 Å². The Morgan fingerprint density at radius 3 is 2.75 bits per heavy atom. The Morgan fingerprint density at radius 2 is 2.08 bits per heavy atom. The zero-order chi connectivity index (χ0) is 8.23. The summed E-state index contributed by atoms with van der Waals surface area (Å²) in [4.78, 5) is 0. The van der Waals surface area contributed by atoms with E-state index in [-0.39, 0.29) is 0 Å². The number of hydrogen-bond donors (Lipinski definition) is 1. The van der Waals surface area contributed by atoms with Crippen LogP contribution in [0.1, 0.15) is 12.0 Å². The van der Waals surface area contributed by atoms with Crippen molar-refractivity contribution in [1.29, 1.82) is 0 Å². The van der Waals surface area contributed by atoms with Crippen molar-refractivity contribution in [3.8, 4) is 0 Å². The van der Waals surface area contributed by atoms with E-state index in [1.165, 1.54) is 18.5 Å². The summed E-state index contributed by atoms with van der Waals surface area (Å²) < 4.78 is 0. The van der Waals surface area contributed by atoms with Crippen LogP contribution in [0.3, 0.4) is 0 Å². The van der Waals surface area contributed by atoms with Gasteiger partial charge in [-0.2, -0.15) is 0 Å². The number of hydrazine groups is 1. The van der Waals surface area contributed by atoms with Crippen LogP contribution < -0.4 is 5.43 Å². The Kier molecular flexibility index (Phi) is 2.39. The molecule has 1 heterocycles. The van der Waals surface area contributed by atoms with Gasteiger partial charge in [0.1, 0.15) is 0 Å². The molecule has 1 fully saturated rings. The van der Waals surface area contributed by atoms with Crippen LogP contribution in [-0.4, -0.2) is 18.1 Å². The van der Waals surface area contributed by atoms with Crippen LogP contribution in [-0.2, 0) is 6.54 Å². The van der Waals surface area contributed by atoms with Crippen LogP contribution in [0.5, 0.6) is 0 Å². The van der Waals surface area contributed by atoms with Crippen LogP contribution >= 0.6 is 0 Å².